The third-order valence-electron chi connectivity index (χ3n) is 4.88. The molecule has 1 fully saturated rings. The van der Waals surface area contributed by atoms with Gasteiger partial charge in [-0.3, -0.25) is 4.79 Å². The third kappa shape index (κ3) is 2.91. The summed E-state index contributed by atoms with van der Waals surface area (Å²) in [7, 11) is 0. The zero-order chi connectivity index (χ0) is 14.7. The van der Waals surface area contributed by atoms with Gasteiger partial charge in [-0.05, 0) is 36.6 Å². The summed E-state index contributed by atoms with van der Waals surface area (Å²) >= 11 is 0. The molecule has 4 heteroatoms. The van der Waals surface area contributed by atoms with Gasteiger partial charge in [-0.1, -0.05) is 25.7 Å². The van der Waals surface area contributed by atoms with E-state index in [4.69, 9.17) is 10.5 Å². The fourth-order valence-electron chi connectivity index (χ4n) is 3.46. The van der Waals surface area contributed by atoms with Gasteiger partial charge in [0.1, 0.15) is 5.75 Å². The Bertz CT molecular complexity index is 520. The highest BCUT2D eigenvalue weighted by Crippen LogP contribution is 2.36. The molecule has 0 spiro atoms. The predicted molar refractivity (Wildman–Crippen MR) is 83.5 cm³/mol. The Hall–Kier alpha value is -1.55. The first kappa shape index (κ1) is 14.4. The van der Waals surface area contributed by atoms with Crippen molar-refractivity contribution in [2.45, 2.75) is 44.9 Å². The highest BCUT2D eigenvalue weighted by Gasteiger charge is 2.37. The maximum atomic E-state index is 12.8. The van der Waals surface area contributed by atoms with E-state index in [1.165, 1.54) is 18.4 Å². The maximum absolute atomic E-state index is 12.8. The summed E-state index contributed by atoms with van der Waals surface area (Å²) in [6, 6.07) is 5.89. The molecule has 0 aromatic heterocycles. The molecule has 21 heavy (non-hydrogen) atoms. The van der Waals surface area contributed by atoms with Crippen LogP contribution in [0.5, 0.6) is 5.75 Å². The van der Waals surface area contributed by atoms with Gasteiger partial charge in [0.15, 0.2) is 0 Å². The van der Waals surface area contributed by atoms with Crippen molar-refractivity contribution in [1.82, 2.24) is 0 Å². The molecule has 0 unspecified atom stereocenters. The van der Waals surface area contributed by atoms with Crippen LogP contribution < -0.4 is 15.8 Å². The van der Waals surface area contributed by atoms with Gasteiger partial charge in [0.05, 0.1) is 12.0 Å². The summed E-state index contributed by atoms with van der Waals surface area (Å²) in [4.78, 5) is 12.8. The second-order valence-corrected chi connectivity index (χ2v) is 6.27. The molecule has 1 aromatic carbocycles. The summed E-state index contributed by atoms with van der Waals surface area (Å²) < 4.78 is 5.50. The van der Waals surface area contributed by atoms with Crippen molar-refractivity contribution in [3.8, 4) is 5.75 Å². The highest BCUT2D eigenvalue weighted by molar-refractivity contribution is 5.95. The first-order chi connectivity index (χ1) is 10.2. The monoisotopic (exact) mass is 288 g/mol. The molecule has 114 valence electrons. The number of nitrogens with one attached hydrogen (secondary N) is 1. The van der Waals surface area contributed by atoms with Crippen LogP contribution in [0, 0.1) is 5.41 Å². The molecule has 0 atom stereocenters. The van der Waals surface area contributed by atoms with Crippen LogP contribution in [0.3, 0.4) is 0 Å². The minimum Gasteiger partial charge on any atom is -0.493 e. The number of amides is 1. The Morgan fingerprint density at radius 2 is 2.00 bits per heavy atom. The molecule has 1 saturated carbocycles. The fraction of sp³-hybridized carbons (Fsp3) is 0.588. The molecule has 4 nitrogen and oxygen atoms in total. The summed E-state index contributed by atoms with van der Waals surface area (Å²) in [5.74, 6) is 1.03. The molecule has 1 aromatic rings. The van der Waals surface area contributed by atoms with Gasteiger partial charge in [0.2, 0.25) is 5.91 Å². The second-order valence-electron chi connectivity index (χ2n) is 6.27. The molecule has 3 rings (SSSR count). The maximum Gasteiger partial charge on any atom is 0.231 e. The fourth-order valence-corrected chi connectivity index (χ4v) is 3.46. The largest absolute Gasteiger partial charge is 0.493 e. The Morgan fingerprint density at radius 1 is 1.24 bits per heavy atom. The second kappa shape index (κ2) is 6.06. The van der Waals surface area contributed by atoms with Gasteiger partial charge in [0, 0.05) is 18.7 Å². The van der Waals surface area contributed by atoms with Crippen molar-refractivity contribution in [2.24, 2.45) is 11.1 Å². The van der Waals surface area contributed by atoms with E-state index in [9.17, 15) is 4.79 Å². The normalized spacial score (nSPS) is 20.2. The van der Waals surface area contributed by atoms with Gasteiger partial charge < -0.3 is 15.8 Å². The third-order valence-corrected chi connectivity index (χ3v) is 4.88. The SMILES string of the molecule is NCC1(C(=O)Nc2ccc3c(c2)CCO3)CCCCCC1. The van der Waals surface area contributed by atoms with Crippen molar-refractivity contribution in [1.29, 1.82) is 0 Å². The molecule has 0 radical (unpaired) electrons. The highest BCUT2D eigenvalue weighted by atomic mass is 16.5. The van der Waals surface area contributed by atoms with E-state index in [0.29, 0.717) is 6.54 Å². The topological polar surface area (TPSA) is 64.4 Å². The number of hydrogen-bond donors (Lipinski definition) is 2. The molecule has 1 aliphatic heterocycles. The smallest absolute Gasteiger partial charge is 0.231 e. The Morgan fingerprint density at radius 3 is 2.71 bits per heavy atom. The average molecular weight is 288 g/mol. The van der Waals surface area contributed by atoms with E-state index in [1.54, 1.807) is 0 Å². The Labute approximate surface area is 126 Å². The van der Waals surface area contributed by atoms with Gasteiger partial charge in [-0.15, -0.1) is 0 Å². The van der Waals surface area contributed by atoms with Crippen LogP contribution in [0.1, 0.15) is 44.1 Å². The summed E-state index contributed by atoms with van der Waals surface area (Å²) in [5.41, 5.74) is 7.63. The number of anilines is 1. The van der Waals surface area contributed by atoms with Crippen LogP contribution in [-0.2, 0) is 11.2 Å². The van der Waals surface area contributed by atoms with Crippen LogP contribution in [0.4, 0.5) is 5.69 Å². The number of benzene rings is 1. The zero-order valence-corrected chi connectivity index (χ0v) is 12.5. The summed E-state index contributed by atoms with van der Waals surface area (Å²) in [5, 5.41) is 3.09. The Balaban J connectivity index is 1.75. The Kier molecular flexibility index (Phi) is 4.15. The minimum atomic E-state index is -0.383. The standard InChI is InChI=1S/C17H24N2O2/c18-12-17(8-3-1-2-4-9-17)16(20)19-14-5-6-15-13(11-14)7-10-21-15/h5-6,11H,1-4,7-10,12,18H2,(H,19,20). The van der Waals surface area contributed by atoms with Crippen LogP contribution in [0.25, 0.3) is 0 Å². The van der Waals surface area contributed by atoms with Crippen LogP contribution >= 0.6 is 0 Å². The quantitative estimate of drug-likeness (QED) is 0.841. The average Bonchev–Trinajstić information content (AvgIpc) is 2.82. The van der Waals surface area contributed by atoms with Gasteiger partial charge in [-0.2, -0.15) is 0 Å². The van der Waals surface area contributed by atoms with E-state index in [2.05, 4.69) is 5.32 Å². The summed E-state index contributed by atoms with van der Waals surface area (Å²) in [6.45, 7) is 1.17. The summed E-state index contributed by atoms with van der Waals surface area (Å²) in [6.07, 6.45) is 7.36. The molecule has 2 aliphatic rings. The van der Waals surface area contributed by atoms with Gasteiger partial charge in [0.25, 0.3) is 0 Å². The number of carbonyl (C=O) groups is 1. The number of hydrogen-bond acceptors (Lipinski definition) is 3. The molecule has 3 N–H and O–H groups in total. The predicted octanol–water partition coefficient (Wildman–Crippen LogP) is 2.86. The number of nitrogens with two attached hydrogens (primary N) is 1. The number of rotatable bonds is 3. The van der Waals surface area contributed by atoms with E-state index in [1.807, 2.05) is 18.2 Å². The number of ether oxygens (including phenoxy) is 1. The van der Waals surface area contributed by atoms with E-state index >= 15 is 0 Å². The lowest BCUT2D eigenvalue weighted by molar-refractivity contribution is -0.125. The van der Waals surface area contributed by atoms with Crippen LogP contribution in [0.15, 0.2) is 18.2 Å². The van der Waals surface area contributed by atoms with Crippen molar-refractivity contribution >= 4 is 11.6 Å². The van der Waals surface area contributed by atoms with Crippen molar-refractivity contribution in [3.63, 3.8) is 0 Å². The van der Waals surface area contributed by atoms with Gasteiger partial charge >= 0.3 is 0 Å². The van der Waals surface area contributed by atoms with Gasteiger partial charge in [-0.25, -0.2) is 0 Å². The molecule has 1 heterocycles. The zero-order valence-electron chi connectivity index (χ0n) is 12.5. The molecule has 0 saturated heterocycles. The molecular formula is C17H24N2O2. The van der Waals surface area contributed by atoms with E-state index in [-0.39, 0.29) is 11.3 Å². The molecular weight excluding hydrogens is 264 g/mol. The first-order valence-corrected chi connectivity index (χ1v) is 8.01. The minimum absolute atomic E-state index is 0.0887. The van der Waals surface area contributed by atoms with Crippen molar-refractivity contribution < 1.29 is 9.53 Å². The number of carbonyl (C=O) groups excluding carboxylic acids is 1. The van der Waals surface area contributed by atoms with E-state index < -0.39 is 0 Å². The number of fused-ring (bicyclic) bond motifs is 1. The molecule has 1 amide bonds. The lowest BCUT2D eigenvalue weighted by Gasteiger charge is -2.29. The lowest BCUT2D eigenvalue weighted by atomic mass is 9.79. The van der Waals surface area contributed by atoms with E-state index in [0.717, 1.165) is 50.1 Å². The first-order valence-electron chi connectivity index (χ1n) is 8.01. The van der Waals surface area contributed by atoms with Crippen LogP contribution in [-0.4, -0.2) is 19.1 Å². The van der Waals surface area contributed by atoms with Crippen molar-refractivity contribution in [2.75, 3.05) is 18.5 Å². The van der Waals surface area contributed by atoms with Crippen molar-refractivity contribution in [3.05, 3.63) is 23.8 Å². The lowest BCUT2D eigenvalue weighted by Crippen LogP contribution is -2.42. The molecule has 0 bridgehead atoms. The van der Waals surface area contributed by atoms with Crippen LogP contribution in [0.2, 0.25) is 0 Å². The molecule has 1 aliphatic carbocycles.